The van der Waals surface area contributed by atoms with Gasteiger partial charge in [0.1, 0.15) is 0 Å². The molecule has 0 aliphatic rings. The normalized spacial score (nSPS) is 11.5. The maximum atomic E-state index is 12.6. The highest BCUT2D eigenvalue weighted by Crippen LogP contribution is 2.31. The molecule has 1 heterocycles. The van der Waals surface area contributed by atoms with Crippen LogP contribution in [0, 0.1) is 5.95 Å². The second-order valence-corrected chi connectivity index (χ2v) is 3.45. The van der Waals surface area contributed by atoms with Gasteiger partial charge in [0.25, 0.3) is 0 Å². The van der Waals surface area contributed by atoms with Crippen molar-refractivity contribution in [3.8, 4) is 11.1 Å². The van der Waals surface area contributed by atoms with Crippen LogP contribution in [-0.4, -0.2) is 4.98 Å². The molecule has 0 unspecified atom stereocenters. The van der Waals surface area contributed by atoms with E-state index in [0.29, 0.717) is 11.1 Å². The Morgan fingerprint density at radius 3 is 2.29 bits per heavy atom. The van der Waals surface area contributed by atoms with Gasteiger partial charge >= 0.3 is 6.18 Å². The Morgan fingerprint density at radius 2 is 1.71 bits per heavy atom. The fourth-order valence-electron chi connectivity index (χ4n) is 1.42. The predicted molar refractivity (Wildman–Crippen MR) is 54.6 cm³/mol. The molecule has 1 aromatic heterocycles. The monoisotopic (exact) mass is 241 g/mol. The fraction of sp³-hybridized carbons (Fsp3) is 0.0833. The topological polar surface area (TPSA) is 12.9 Å². The van der Waals surface area contributed by atoms with E-state index in [9.17, 15) is 17.6 Å². The van der Waals surface area contributed by atoms with Gasteiger partial charge in [-0.05, 0) is 29.8 Å². The highest BCUT2D eigenvalue weighted by Gasteiger charge is 2.30. The van der Waals surface area contributed by atoms with Crippen LogP contribution in [0.1, 0.15) is 5.56 Å². The van der Waals surface area contributed by atoms with E-state index in [4.69, 9.17) is 0 Å². The van der Waals surface area contributed by atoms with Crippen LogP contribution in [0.5, 0.6) is 0 Å². The molecule has 2 aromatic rings. The van der Waals surface area contributed by atoms with Gasteiger partial charge in [0, 0.05) is 11.8 Å². The van der Waals surface area contributed by atoms with E-state index in [1.165, 1.54) is 24.4 Å². The maximum Gasteiger partial charge on any atom is 0.416 e. The third-order valence-electron chi connectivity index (χ3n) is 2.25. The molecule has 0 saturated heterocycles. The highest BCUT2D eigenvalue weighted by molar-refractivity contribution is 5.63. The van der Waals surface area contributed by atoms with Gasteiger partial charge in [0.15, 0.2) is 0 Å². The number of alkyl halides is 3. The average molecular weight is 241 g/mol. The number of halogens is 4. The van der Waals surface area contributed by atoms with Crippen LogP contribution in [0.15, 0.2) is 42.6 Å². The summed E-state index contributed by atoms with van der Waals surface area (Å²) in [6, 6.07) is 7.31. The molecule has 0 atom stereocenters. The Kier molecular flexibility index (Phi) is 2.83. The zero-order valence-corrected chi connectivity index (χ0v) is 8.50. The number of benzene rings is 1. The molecule has 88 valence electrons. The largest absolute Gasteiger partial charge is 0.416 e. The summed E-state index contributed by atoms with van der Waals surface area (Å²) in [6.07, 6.45) is -3.19. The smallest absolute Gasteiger partial charge is 0.228 e. The molecular formula is C12H7F4N. The Balaban J connectivity index is 2.43. The second-order valence-electron chi connectivity index (χ2n) is 3.45. The first kappa shape index (κ1) is 11.6. The van der Waals surface area contributed by atoms with Crippen molar-refractivity contribution in [1.29, 1.82) is 0 Å². The van der Waals surface area contributed by atoms with Crippen molar-refractivity contribution >= 4 is 0 Å². The Bertz CT molecular complexity index is 517. The van der Waals surface area contributed by atoms with Gasteiger partial charge in [-0.15, -0.1) is 0 Å². The van der Waals surface area contributed by atoms with Crippen LogP contribution in [0.2, 0.25) is 0 Å². The highest BCUT2D eigenvalue weighted by atomic mass is 19.4. The number of aromatic nitrogens is 1. The quantitative estimate of drug-likeness (QED) is 0.545. The van der Waals surface area contributed by atoms with E-state index in [1.54, 1.807) is 0 Å². The van der Waals surface area contributed by atoms with Gasteiger partial charge in [0.2, 0.25) is 5.95 Å². The molecule has 5 heteroatoms. The molecule has 0 amide bonds. The summed E-state index contributed by atoms with van der Waals surface area (Å²) < 4.78 is 50.0. The minimum absolute atomic E-state index is 0.354. The molecule has 0 aliphatic carbocycles. The van der Waals surface area contributed by atoms with E-state index < -0.39 is 17.7 Å². The minimum atomic E-state index is -4.39. The van der Waals surface area contributed by atoms with E-state index in [1.807, 2.05) is 0 Å². The van der Waals surface area contributed by atoms with Crippen LogP contribution in [0.25, 0.3) is 11.1 Å². The molecule has 0 N–H and O–H groups in total. The standard InChI is InChI=1S/C12H7F4N/c13-11-5-4-9(7-17-11)8-2-1-3-10(6-8)12(14,15)16/h1-7H. The van der Waals surface area contributed by atoms with Crippen molar-refractivity contribution in [3.05, 3.63) is 54.1 Å². The van der Waals surface area contributed by atoms with E-state index in [0.717, 1.165) is 18.2 Å². The molecule has 0 radical (unpaired) electrons. The number of nitrogens with zero attached hydrogens (tertiary/aromatic N) is 1. The van der Waals surface area contributed by atoms with Gasteiger partial charge in [0.05, 0.1) is 5.56 Å². The first-order chi connectivity index (χ1) is 7.97. The summed E-state index contributed by atoms with van der Waals surface area (Å²) in [4.78, 5) is 3.40. The molecule has 1 nitrogen and oxygen atoms in total. The molecule has 0 spiro atoms. The van der Waals surface area contributed by atoms with Gasteiger partial charge in [-0.1, -0.05) is 12.1 Å². The second kappa shape index (κ2) is 4.16. The van der Waals surface area contributed by atoms with Gasteiger partial charge in [-0.25, -0.2) is 4.98 Å². The summed E-state index contributed by atoms with van der Waals surface area (Å²) in [5.41, 5.74) is 0.0594. The Labute approximate surface area is 94.7 Å². The van der Waals surface area contributed by atoms with Crippen molar-refractivity contribution < 1.29 is 17.6 Å². The summed E-state index contributed by atoms with van der Waals surface area (Å²) in [5, 5.41) is 0. The van der Waals surface area contributed by atoms with Crippen LogP contribution in [0.3, 0.4) is 0 Å². The summed E-state index contributed by atoms with van der Waals surface area (Å²) in [5.74, 6) is -0.666. The lowest BCUT2D eigenvalue weighted by atomic mass is 10.0. The van der Waals surface area contributed by atoms with Gasteiger partial charge in [-0.3, -0.25) is 0 Å². The summed E-state index contributed by atoms with van der Waals surface area (Å²) >= 11 is 0. The van der Waals surface area contributed by atoms with Crippen LogP contribution >= 0.6 is 0 Å². The van der Waals surface area contributed by atoms with Crippen molar-refractivity contribution in [2.24, 2.45) is 0 Å². The number of rotatable bonds is 1. The molecule has 0 bridgehead atoms. The first-order valence-corrected chi connectivity index (χ1v) is 4.76. The molecule has 17 heavy (non-hydrogen) atoms. The summed E-state index contributed by atoms with van der Waals surface area (Å²) in [6.45, 7) is 0. The van der Waals surface area contributed by atoms with Crippen molar-refractivity contribution in [2.45, 2.75) is 6.18 Å². The number of pyridine rings is 1. The molecule has 2 rings (SSSR count). The van der Waals surface area contributed by atoms with Crippen LogP contribution in [-0.2, 0) is 6.18 Å². The zero-order chi connectivity index (χ0) is 12.5. The van der Waals surface area contributed by atoms with Crippen molar-refractivity contribution in [2.75, 3.05) is 0 Å². The first-order valence-electron chi connectivity index (χ1n) is 4.76. The van der Waals surface area contributed by atoms with Gasteiger partial charge in [-0.2, -0.15) is 17.6 Å². The lowest BCUT2D eigenvalue weighted by Crippen LogP contribution is -2.04. The molecule has 1 aromatic carbocycles. The zero-order valence-electron chi connectivity index (χ0n) is 8.50. The van der Waals surface area contributed by atoms with Crippen molar-refractivity contribution in [3.63, 3.8) is 0 Å². The number of hydrogen-bond acceptors (Lipinski definition) is 1. The van der Waals surface area contributed by atoms with E-state index >= 15 is 0 Å². The molecule has 0 fully saturated rings. The number of hydrogen-bond donors (Lipinski definition) is 0. The van der Waals surface area contributed by atoms with E-state index in [-0.39, 0.29) is 0 Å². The third kappa shape index (κ3) is 2.61. The van der Waals surface area contributed by atoms with Crippen LogP contribution < -0.4 is 0 Å². The Hall–Kier alpha value is -1.91. The van der Waals surface area contributed by atoms with Crippen molar-refractivity contribution in [1.82, 2.24) is 4.98 Å². The Morgan fingerprint density at radius 1 is 0.941 bits per heavy atom. The lowest BCUT2D eigenvalue weighted by Gasteiger charge is -2.08. The molecular weight excluding hydrogens is 234 g/mol. The van der Waals surface area contributed by atoms with Crippen LogP contribution in [0.4, 0.5) is 17.6 Å². The average Bonchev–Trinajstić information content (AvgIpc) is 2.29. The fourth-order valence-corrected chi connectivity index (χ4v) is 1.42. The predicted octanol–water partition coefficient (Wildman–Crippen LogP) is 3.91. The van der Waals surface area contributed by atoms with Gasteiger partial charge < -0.3 is 0 Å². The maximum absolute atomic E-state index is 12.6. The molecule has 0 saturated carbocycles. The molecule has 0 aliphatic heterocycles. The lowest BCUT2D eigenvalue weighted by molar-refractivity contribution is -0.137. The van der Waals surface area contributed by atoms with E-state index in [2.05, 4.69) is 4.98 Å². The third-order valence-corrected chi connectivity index (χ3v) is 2.25. The minimum Gasteiger partial charge on any atom is -0.228 e. The SMILES string of the molecule is Fc1ccc(-c2cccc(C(F)(F)F)c2)cn1. The summed E-state index contributed by atoms with van der Waals surface area (Å²) in [7, 11) is 0.